The molecule has 5 nitrogen and oxygen atoms in total. The van der Waals surface area contributed by atoms with Crippen LogP contribution in [0, 0.1) is 0 Å². The molecule has 2 aromatic carbocycles. The maximum atomic E-state index is 12.3. The molecule has 2 aromatic rings. The predicted octanol–water partition coefficient (Wildman–Crippen LogP) is 4.42. The Morgan fingerprint density at radius 2 is 1.93 bits per heavy atom. The summed E-state index contributed by atoms with van der Waals surface area (Å²) in [6.07, 6.45) is 2.97. The Labute approximate surface area is 173 Å². The summed E-state index contributed by atoms with van der Waals surface area (Å²) in [7, 11) is 0. The van der Waals surface area contributed by atoms with E-state index in [2.05, 4.69) is 4.94 Å². The minimum Gasteiger partial charge on any atom is -0.393 e. The van der Waals surface area contributed by atoms with Gasteiger partial charge in [-0.2, -0.15) is 0 Å². The second-order valence-electron chi connectivity index (χ2n) is 8.14. The van der Waals surface area contributed by atoms with Crippen LogP contribution in [0.5, 0.6) is 5.75 Å². The maximum absolute atomic E-state index is 12.3. The first kappa shape index (κ1) is 19.3. The van der Waals surface area contributed by atoms with Crippen molar-refractivity contribution in [2.75, 3.05) is 6.61 Å². The van der Waals surface area contributed by atoms with Crippen LogP contribution >= 0.6 is 11.6 Å². The minimum atomic E-state index is -1.04. The van der Waals surface area contributed by atoms with Crippen molar-refractivity contribution in [3.05, 3.63) is 64.2 Å². The van der Waals surface area contributed by atoms with E-state index in [1.807, 2.05) is 18.2 Å². The van der Waals surface area contributed by atoms with Gasteiger partial charge in [-0.3, -0.25) is 4.94 Å². The third-order valence-electron chi connectivity index (χ3n) is 5.73. The second kappa shape index (κ2) is 7.22. The summed E-state index contributed by atoms with van der Waals surface area (Å²) in [5, 5.41) is 11.1. The van der Waals surface area contributed by atoms with Gasteiger partial charge in [-0.15, -0.1) is 0 Å². The van der Waals surface area contributed by atoms with E-state index in [0.717, 1.165) is 29.5 Å². The van der Waals surface area contributed by atoms with Crippen LogP contribution in [0.25, 0.3) is 0 Å². The van der Waals surface area contributed by atoms with Crippen molar-refractivity contribution in [3.63, 3.8) is 0 Å². The van der Waals surface area contributed by atoms with Crippen LogP contribution in [0.4, 0.5) is 4.53 Å². The second-order valence-corrected chi connectivity index (χ2v) is 8.54. The fourth-order valence-electron chi connectivity index (χ4n) is 4.21. The Hall–Kier alpha value is -1.70. The highest BCUT2D eigenvalue weighted by Gasteiger charge is 2.59. The van der Waals surface area contributed by atoms with Gasteiger partial charge in [0.1, 0.15) is 6.61 Å². The quantitative estimate of drug-likeness (QED) is 0.749. The van der Waals surface area contributed by atoms with Gasteiger partial charge in [0.25, 0.3) is 0 Å². The Morgan fingerprint density at radius 3 is 2.66 bits per heavy atom. The van der Waals surface area contributed by atoms with Crippen molar-refractivity contribution in [2.24, 2.45) is 0 Å². The Morgan fingerprint density at radius 1 is 1.14 bits per heavy atom. The topological polar surface area (TPSA) is 57.2 Å². The van der Waals surface area contributed by atoms with E-state index in [-0.39, 0.29) is 11.9 Å². The van der Waals surface area contributed by atoms with Gasteiger partial charge in [-0.25, -0.2) is 0 Å². The summed E-state index contributed by atoms with van der Waals surface area (Å²) in [6, 6.07) is 12.3. The maximum Gasteiger partial charge on any atom is 0.200 e. The van der Waals surface area contributed by atoms with Gasteiger partial charge in [0.2, 0.25) is 5.79 Å². The molecule has 1 unspecified atom stereocenters. The van der Waals surface area contributed by atoms with E-state index in [1.54, 1.807) is 24.3 Å². The fourth-order valence-corrected chi connectivity index (χ4v) is 4.39. The van der Waals surface area contributed by atoms with E-state index in [0.29, 0.717) is 30.9 Å². The zero-order chi connectivity index (χ0) is 20.1. The fraction of sp³-hybridized carbons (Fsp3) is 0.455. The lowest BCUT2D eigenvalue weighted by atomic mass is 9.91. The van der Waals surface area contributed by atoms with Crippen molar-refractivity contribution in [3.8, 4) is 5.75 Å². The van der Waals surface area contributed by atoms with Crippen LogP contribution in [-0.2, 0) is 26.4 Å². The highest BCUT2D eigenvalue weighted by atomic mass is 35.5. The molecule has 7 heteroatoms. The predicted molar refractivity (Wildman–Crippen MR) is 103 cm³/mol. The molecule has 154 valence electrons. The Balaban J connectivity index is 1.42. The number of hydrogen-bond donors (Lipinski definition) is 1. The molecule has 2 aliphatic heterocycles. The number of halogens is 2. The smallest absolute Gasteiger partial charge is 0.200 e. The van der Waals surface area contributed by atoms with Crippen molar-refractivity contribution < 1.29 is 28.8 Å². The summed E-state index contributed by atoms with van der Waals surface area (Å²) in [5.41, 5.74) is 2.66. The van der Waals surface area contributed by atoms with Gasteiger partial charge in [0, 0.05) is 28.0 Å². The lowest BCUT2D eigenvalue weighted by molar-refractivity contribution is -0.315. The summed E-state index contributed by atoms with van der Waals surface area (Å²) in [6.45, 7) is 0.295. The van der Waals surface area contributed by atoms with Crippen molar-refractivity contribution in [2.45, 2.75) is 55.9 Å². The number of aliphatic hydroxyl groups excluding tert-OH is 1. The molecule has 29 heavy (non-hydrogen) atoms. The summed E-state index contributed by atoms with van der Waals surface area (Å²) in [5.74, 6) is -1.78. The molecule has 5 rings (SSSR count). The summed E-state index contributed by atoms with van der Waals surface area (Å²) in [4.78, 5) is 3.73. The molecule has 0 amide bonds. The molecule has 2 heterocycles. The number of hydrogen-bond acceptors (Lipinski definition) is 5. The first-order valence-corrected chi connectivity index (χ1v) is 10.2. The normalized spacial score (nSPS) is 31.1. The molecule has 1 saturated carbocycles. The zero-order valence-electron chi connectivity index (χ0n) is 15.8. The van der Waals surface area contributed by atoms with Gasteiger partial charge in [-0.1, -0.05) is 29.8 Å². The number of aliphatic hydroxyl groups is 1. The number of rotatable bonds is 6. The number of ether oxygens (including phenoxy) is 3. The lowest BCUT2D eigenvalue weighted by Crippen LogP contribution is -2.47. The highest BCUT2D eigenvalue weighted by Crippen LogP contribution is 2.51. The van der Waals surface area contributed by atoms with Crippen LogP contribution in [-0.4, -0.2) is 29.7 Å². The summed E-state index contributed by atoms with van der Waals surface area (Å²) >= 11 is 6.44. The van der Waals surface area contributed by atoms with E-state index in [1.165, 1.54) is 0 Å². The van der Waals surface area contributed by atoms with Crippen LogP contribution in [0.3, 0.4) is 0 Å². The Bertz CT molecular complexity index is 899. The molecule has 3 aliphatic rings. The Kier molecular flexibility index (Phi) is 4.80. The molecule has 1 aliphatic carbocycles. The van der Waals surface area contributed by atoms with Crippen molar-refractivity contribution in [1.82, 2.24) is 0 Å². The average Bonchev–Trinajstić information content (AvgIpc) is 3.47. The van der Waals surface area contributed by atoms with E-state index >= 15 is 0 Å². The zero-order valence-corrected chi connectivity index (χ0v) is 16.5. The van der Waals surface area contributed by atoms with Crippen LogP contribution in [0.2, 0.25) is 5.02 Å². The van der Waals surface area contributed by atoms with Gasteiger partial charge in [-0.05, 0) is 54.7 Å². The third kappa shape index (κ3) is 3.76. The summed E-state index contributed by atoms with van der Waals surface area (Å²) < 4.78 is 30.8. The SMILES string of the molecule is OC1C[C@]2(OC3CC3)CO[C@](c3ccc(Cl)c(Cc4ccc(OF)cc4)c3)(C1)O2. The van der Waals surface area contributed by atoms with Crippen LogP contribution in [0.1, 0.15) is 42.4 Å². The van der Waals surface area contributed by atoms with Crippen LogP contribution in [0.15, 0.2) is 42.5 Å². The molecule has 0 spiro atoms. The average molecular weight is 421 g/mol. The van der Waals surface area contributed by atoms with Crippen molar-refractivity contribution >= 4 is 11.6 Å². The lowest BCUT2D eigenvalue weighted by Gasteiger charge is -2.40. The standard InChI is InChI=1S/C22H22ClFO5/c23-20-8-3-16(10-15(20)9-14-1-4-19(28-24)5-2-14)22-12-17(25)11-21(29-22,13-26-22)27-18-6-7-18/h1-5,8,10,17-18,25H,6-7,9,11-13H2/t17?,21-,22-/m1/s1. The van der Waals surface area contributed by atoms with Gasteiger partial charge in [0.05, 0.1) is 12.2 Å². The molecule has 3 fully saturated rings. The van der Waals surface area contributed by atoms with Crippen LogP contribution < -0.4 is 4.94 Å². The van der Waals surface area contributed by atoms with E-state index in [9.17, 15) is 9.63 Å². The molecule has 0 radical (unpaired) electrons. The number of fused-ring (bicyclic) bond motifs is 2. The molecular formula is C22H22ClFO5. The van der Waals surface area contributed by atoms with Gasteiger partial charge >= 0.3 is 0 Å². The third-order valence-corrected chi connectivity index (χ3v) is 6.09. The largest absolute Gasteiger partial charge is 0.393 e. The number of benzene rings is 2. The monoisotopic (exact) mass is 420 g/mol. The van der Waals surface area contributed by atoms with E-state index < -0.39 is 17.7 Å². The molecule has 1 N–H and O–H groups in total. The van der Waals surface area contributed by atoms with Crippen molar-refractivity contribution in [1.29, 1.82) is 0 Å². The van der Waals surface area contributed by atoms with Gasteiger partial charge in [0.15, 0.2) is 11.5 Å². The first-order chi connectivity index (χ1) is 14.0. The molecule has 0 aromatic heterocycles. The molecular weight excluding hydrogens is 399 g/mol. The molecule has 3 atom stereocenters. The van der Waals surface area contributed by atoms with Gasteiger partial charge < -0.3 is 19.3 Å². The minimum absolute atomic E-state index is 0.156. The first-order valence-electron chi connectivity index (χ1n) is 9.86. The highest BCUT2D eigenvalue weighted by molar-refractivity contribution is 6.31. The van der Waals surface area contributed by atoms with E-state index in [4.69, 9.17) is 25.8 Å². The molecule has 2 bridgehead atoms. The molecule has 2 saturated heterocycles.